The predicted octanol–water partition coefficient (Wildman–Crippen LogP) is 2.66. The Labute approximate surface area is 172 Å². The van der Waals surface area contributed by atoms with Gasteiger partial charge in [0.2, 0.25) is 5.95 Å². The molecule has 0 radical (unpaired) electrons. The van der Waals surface area contributed by atoms with Crippen LogP contribution in [0.15, 0.2) is 36.2 Å². The van der Waals surface area contributed by atoms with E-state index in [1.54, 1.807) is 6.92 Å². The molecule has 2 aromatic heterocycles. The van der Waals surface area contributed by atoms with Gasteiger partial charge in [0, 0.05) is 25.4 Å². The third kappa shape index (κ3) is 3.41. The minimum Gasteiger partial charge on any atom is -0.330 e. The van der Waals surface area contributed by atoms with Gasteiger partial charge in [0.05, 0.1) is 46.0 Å². The summed E-state index contributed by atoms with van der Waals surface area (Å²) in [5.74, 6) is -1.05. The number of nitrogens with one attached hydrogen (secondary N) is 2. The monoisotopic (exact) mass is 443 g/mol. The lowest BCUT2D eigenvalue weighted by atomic mass is 10.0. The van der Waals surface area contributed by atoms with Gasteiger partial charge in [0.15, 0.2) is 5.82 Å². The fraction of sp³-hybridized carbons (Fsp3) is 0.294. The summed E-state index contributed by atoms with van der Waals surface area (Å²) in [7, 11) is 0. The van der Waals surface area contributed by atoms with Crippen LogP contribution in [0.3, 0.4) is 0 Å². The van der Waals surface area contributed by atoms with Gasteiger partial charge >= 0.3 is 6.18 Å². The second-order valence-electron chi connectivity index (χ2n) is 6.60. The van der Waals surface area contributed by atoms with E-state index in [4.69, 9.17) is 11.6 Å². The van der Waals surface area contributed by atoms with Gasteiger partial charge in [0.25, 0.3) is 5.91 Å². The maximum Gasteiger partial charge on any atom is 0.419 e. The minimum absolute atomic E-state index is 0.200. The number of hydrogen-bond donors (Lipinski definition) is 2. The van der Waals surface area contributed by atoms with E-state index in [1.807, 2.05) is 0 Å². The highest BCUT2D eigenvalue weighted by atomic mass is 35.5. The first-order valence-electron chi connectivity index (χ1n) is 8.72. The molecule has 0 spiro atoms. The second-order valence-corrected chi connectivity index (χ2v) is 6.98. The number of alkyl halides is 3. The van der Waals surface area contributed by atoms with Crippen LogP contribution in [0.2, 0.25) is 5.02 Å². The summed E-state index contributed by atoms with van der Waals surface area (Å²) < 4.78 is 52.4. The summed E-state index contributed by atoms with van der Waals surface area (Å²) >= 11 is 5.88. The molecule has 2 N–H and O–H groups in total. The SMILES string of the molecule is C[C@@H]1C2=C(CCN1C(=O)c1cncc(C(F)(F)F)c1Cl)N(c1ncc(F)cn1)NN2. The Morgan fingerprint density at radius 2 is 1.93 bits per heavy atom. The molecule has 0 saturated heterocycles. The fourth-order valence-electron chi connectivity index (χ4n) is 3.36. The summed E-state index contributed by atoms with van der Waals surface area (Å²) in [6.45, 7) is 1.91. The van der Waals surface area contributed by atoms with E-state index < -0.39 is 34.5 Å². The third-order valence-corrected chi connectivity index (χ3v) is 5.25. The van der Waals surface area contributed by atoms with Gasteiger partial charge in [-0.15, -0.1) is 5.53 Å². The van der Waals surface area contributed by atoms with E-state index in [0.717, 1.165) is 24.3 Å². The average Bonchev–Trinajstić information content (AvgIpc) is 3.13. The lowest BCUT2D eigenvalue weighted by Gasteiger charge is -2.34. The first kappa shape index (κ1) is 20.3. The zero-order valence-electron chi connectivity index (χ0n) is 15.3. The smallest absolute Gasteiger partial charge is 0.330 e. The number of halogens is 5. The molecular formula is C17H14ClF4N7O. The van der Waals surface area contributed by atoms with Crippen molar-refractivity contribution in [2.45, 2.75) is 25.6 Å². The van der Waals surface area contributed by atoms with Crippen LogP contribution in [-0.4, -0.2) is 38.3 Å². The molecule has 0 aliphatic carbocycles. The number of nitrogens with zero attached hydrogens (tertiary/aromatic N) is 5. The standard InChI is InChI=1S/C17H14ClF4N7O/c1-8-14-12(29(27-26-14)16-24-4-9(19)5-25-16)2-3-28(8)15(30)10-6-23-7-11(13(10)18)17(20,21)22/h4-8,26-27H,2-3H2,1H3/t8-/m1/s1. The molecule has 8 nitrogen and oxygen atoms in total. The number of pyridine rings is 1. The van der Waals surface area contributed by atoms with Gasteiger partial charge in [-0.3, -0.25) is 9.78 Å². The van der Waals surface area contributed by atoms with Gasteiger partial charge < -0.3 is 10.3 Å². The molecule has 0 saturated carbocycles. The normalized spacial score (nSPS) is 19.1. The quantitative estimate of drug-likeness (QED) is 0.690. The molecule has 1 amide bonds. The van der Waals surface area contributed by atoms with Crippen LogP contribution in [-0.2, 0) is 6.18 Å². The van der Waals surface area contributed by atoms with Gasteiger partial charge in [-0.05, 0) is 6.92 Å². The van der Waals surface area contributed by atoms with Gasteiger partial charge in [0.1, 0.15) is 0 Å². The Bertz CT molecular complexity index is 1030. The molecule has 1 atom stereocenters. The molecule has 30 heavy (non-hydrogen) atoms. The number of hydrazine groups is 2. The van der Waals surface area contributed by atoms with Gasteiger partial charge in [-0.25, -0.2) is 19.4 Å². The number of anilines is 1. The van der Waals surface area contributed by atoms with Crippen molar-refractivity contribution in [2.75, 3.05) is 11.6 Å². The summed E-state index contributed by atoms with van der Waals surface area (Å²) in [6.07, 6.45) is -0.731. The van der Waals surface area contributed by atoms with E-state index in [0.29, 0.717) is 18.3 Å². The van der Waals surface area contributed by atoms with Gasteiger partial charge in [-0.1, -0.05) is 11.6 Å². The highest BCUT2D eigenvalue weighted by molar-refractivity contribution is 6.34. The first-order valence-corrected chi connectivity index (χ1v) is 9.10. The van der Waals surface area contributed by atoms with Crippen LogP contribution in [0.4, 0.5) is 23.5 Å². The van der Waals surface area contributed by atoms with Crippen molar-refractivity contribution >= 4 is 23.5 Å². The zero-order chi connectivity index (χ0) is 21.6. The third-order valence-electron chi connectivity index (χ3n) is 4.84. The van der Waals surface area contributed by atoms with Crippen molar-refractivity contribution in [3.63, 3.8) is 0 Å². The lowest BCUT2D eigenvalue weighted by Crippen LogP contribution is -2.46. The summed E-state index contributed by atoms with van der Waals surface area (Å²) in [6, 6.07) is -0.523. The van der Waals surface area contributed by atoms with E-state index in [2.05, 4.69) is 25.9 Å². The molecule has 4 heterocycles. The van der Waals surface area contributed by atoms with E-state index >= 15 is 0 Å². The molecule has 0 fully saturated rings. The summed E-state index contributed by atoms with van der Waals surface area (Å²) in [5.41, 5.74) is 5.60. The van der Waals surface area contributed by atoms with Crippen molar-refractivity contribution < 1.29 is 22.4 Å². The van der Waals surface area contributed by atoms with Crippen molar-refractivity contribution in [3.8, 4) is 0 Å². The number of carbonyl (C=O) groups excluding carboxylic acids is 1. The Balaban J connectivity index is 1.61. The van der Waals surface area contributed by atoms with Crippen LogP contribution in [0.1, 0.15) is 29.3 Å². The molecule has 158 valence electrons. The Hall–Kier alpha value is -2.99. The van der Waals surface area contributed by atoms with Crippen LogP contribution in [0, 0.1) is 5.82 Å². The topological polar surface area (TPSA) is 86.3 Å². The molecular weight excluding hydrogens is 430 g/mol. The highest BCUT2D eigenvalue weighted by Gasteiger charge is 2.40. The minimum atomic E-state index is -4.73. The Kier molecular flexibility index (Phi) is 4.98. The van der Waals surface area contributed by atoms with E-state index in [9.17, 15) is 22.4 Å². The fourth-order valence-corrected chi connectivity index (χ4v) is 3.64. The number of carbonyl (C=O) groups is 1. The Morgan fingerprint density at radius 3 is 2.60 bits per heavy atom. The van der Waals surface area contributed by atoms with Crippen LogP contribution < -0.4 is 16.0 Å². The van der Waals surface area contributed by atoms with E-state index in [-0.39, 0.29) is 18.1 Å². The van der Waals surface area contributed by atoms with Crippen molar-refractivity contribution in [3.05, 3.63) is 58.1 Å². The summed E-state index contributed by atoms with van der Waals surface area (Å²) in [5, 5.41) is 0.833. The van der Waals surface area contributed by atoms with Crippen molar-refractivity contribution in [1.82, 2.24) is 30.8 Å². The van der Waals surface area contributed by atoms with Crippen molar-refractivity contribution in [1.29, 1.82) is 0 Å². The maximum absolute atomic E-state index is 13.1. The lowest BCUT2D eigenvalue weighted by molar-refractivity contribution is -0.137. The number of hydrogen-bond acceptors (Lipinski definition) is 7. The number of aromatic nitrogens is 3. The van der Waals surface area contributed by atoms with Crippen LogP contribution in [0.5, 0.6) is 0 Å². The van der Waals surface area contributed by atoms with E-state index in [1.165, 1.54) is 9.91 Å². The molecule has 0 aromatic carbocycles. The molecule has 0 unspecified atom stereocenters. The van der Waals surface area contributed by atoms with Crippen LogP contribution in [0.25, 0.3) is 0 Å². The van der Waals surface area contributed by atoms with Gasteiger partial charge in [-0.2, -0.15) is 13.2 Å². The number of amides is 1. The van der Waals surface area contributed by atoms with Crippen LogP contribution >= 0.6 is 11.6 Å². The molecule has 13 heteroatoms. The average molecular weight is 444 g/mol. The largest absolute Gasteiger partial charge is 0.419 e. The Morgan fingerprint density at radius 1 is 1.23 bits per heavy atom. The molecule has 2 aliphatic heterocycles. The molecule has 2 aliphatic rings. The second kappa shape index (κ2) is 7.36. The maximum atomic E-state index is 13.1. The predicted molar refractivity (Wildman–Crippen MR) is 97.1 cm³/mol. The molecule has 4 rings (SSSR count). The molecule has 2 aromatic rings. The zero-order valence-corrected chi connectivity index (χ0v) is 16.1. The highest BCUT2D eigenvalue weighted by Crippen LogP contribution is 2.37. The summed E-state index contributed by atoms with van der Waals surface area (Å²) in [4.78, 5) is 25.7. The number of rotatable bonds is 2. The molecule has 0 bridgehead atoms. The first-order chi connectivity index (χ1) is 14.2. The van der Waals surface area contributed by atoms with Crippen molar-refractivity contribution in [2.24, 2.45) is 0 Å².